The van der Waals surface area contributed by atoms with Gasteiger partial charge in [-0.1, -0.05) is 6.07 Å². The largest absolute Gasteiger partial charge is 0.508 e. The van der Waals surface area contributed by atoms with Crippen molar-refractivity contribution in [3.8, 4) is 28.2 Å². The lowest BCUT2D eigenvalue weighted by Crippen LogP contribution is -2.67. The molecule has 4 aliphatic rings. The maximum Gasteiger partial charge on any atom is 0.336 e. The summed E-state index contributed by atoms with van der Waals surface area (Å²) < 4.78 is 22.5. The Morgan fingerprint density at radius 1 is 0.804 bits per heavy atom. The van der Waals surface area contributed by atoms with Crippen molar-refractivity contribution in [3.63, 3.8) is 0 Å². The molecule has 3 aliphatic heterocycles. The van der Waals surface area contributed by atoms with Gasteiger partial charge in [0.25, 0.3) is 0 Å². The first-order valence-electron chi connectivity index (χ1n) is 15.5. The summed E-state index contributed by atoms with van der Waals surface area (Å²) in [5, 5.41) is 97.7. The Morgan fingerprint density at radius 2 is 1.47 bits per heavy atom. The molecule has 0 amide bonds. The summed E-state index contributed by atoms with van der Waals surface area (Å²) >= 11 is 5.43. The molecule has 1 aliphatic carbocycles. The molecule has 0 unspecified atom stereocenters. The zero-order valence-electron chi connectivity index (χ0n) is 26.3. The number of hydrogen-bond acceptors (Lipinski definition) is 15. The number of carbonyl (C=O) groups is 1. The minimum atomic E-state index is -1.85. The lowest BCUT2D eigenvalue weighted by atomic mass is 9.90. The van der Waals surface area contributed by atoms with E-state index in [2.05, 4.69) is 10.6 Å². The lowest BCUT2D eigenvalue weighted by Gasteiger charge is -2.46. The van der Waals surface area contributed by atoms with Crippen molar-refractivity contribution in [2.24, 2.45) is 0 Å². The molecule has 10 atom stereocenters. The van der Waals surface area contributed by atoms with Gasteiger partial charge in [-0.3, -0.25) is 4.79 Å². The van der Waals surface area contributed by atoms with E-state index in [1.54, 1.807) is 6.07 Å². The van der Waals surface area contributed by atoms with Crippen molar-refractivity contribution in [3.05, 3.63) is 70.4 Å². The van der Waals surface area contributed by atoms with E-state index in [1.807, 2.05) is 0 Å². The lowest BCUT2D eigenvalue weighted by molar-refractivity contribution is -0.362. The van der Waals surface area contributed by atoms with Crippen molar-refractivity contribution >= 4 is 40.0 Å². The molecule has 2 saturated heterocycles. The van der Waals surface area contributed by atoms with Gasteiger partial charge in [-0.05, 0) is 54.2 Å². The van der Waals surface area contributed by atoms with E-state index in [0.29, 0.717) is 16.5 Å². The van der Waals surface area contributed by atoms with Gasteiger partial charge in [-0.25, -0.2) is 4.79 Å². The SMILES string of the molecule is O=C(O)c1cc(NC(=S)N[C@H]2[C@@H](O[C@H]3O[C@H](CO)[C@@H](O)[C@H](O)[C@H]3O)O[C@H](CO)[C@@H](O)[C@@H]2O)ccc1-c1c2ccc(=O)cc-2oc2cc(O)ccc12. The van der Waals surface area contributed by atoms with Crippen LogP contribution in [-0.4, -0.2) is 132 Å². The smallest absolute Gasteiger partial charge is 0.336 e. The maximum absolute atomic E-state index is 12.6. The Morgan fingerprint density at radius 3 is 2.16 bits per heavy atom. The molecule has 0 bridgehead atoms. The second-order valence-electron chi connectivity index (χ2n) is 12.0. The number of phenolic OH excluding ortho intramolecular Hbond substituents is 1. The number of aliphatic hydroxyl groups excluding tert-OH is 7. The monoisotopic (exact) mass is 730 g/mol. The highest BCUT2D eigenvalue weighted by Crippen LogP contribution is 2.42. The quantitative estimate of drug-likeness (QED) is 0.0756. The molecular weight excluding hydrogens is 696 g/mol. The number of phenols is 1. The van der Waals surface area contributed by atoms with Gasteiger partial charge in [0.1, 0.15) is 65.9 Å². The third-order valence-corrected chi connectivity index (χ3v) is 8.97. The van der Waals surface area contributed by atoms with Crippen LogP contribution in [0.3, 0.4) is 0 Å². The topological polar surface area (TPSA) is 281 Å². The molecule has 51 heavy (non-hydrogen) atoms. The molecule has 0 aromatic heterocycles. The number of carboxylic acids is 1. The van der Waals surface area contributed by atoms with Gasteiger partial charge >= 0.3 is 5.97 Å². The first-order chi connectivity index (χ1) is 24.3. The van der Waals surface area contributed by atoms with E-state index in [1.165, 1.54) is 48.5 Å². The van der Waals surface area contributed by atoms with Crippen LogP contribution in [0.15, 0.2) is 63.8 Å². The van der Waals surface area contributed by atoms with Crippen molar-refractivity contribution in [1.29, 1.82) is 0 Å². The molecule has 6 rings (SSSR count). The second-order valence-corrected chi connectivity index (χ2v) is 12.5. The summed E-state index contributed by atoms with van der Waals surface area (Å²) in [4.78, 5) is 24.8. The van der Waals surface area contributed by atoms with Gasteiger partial charge in [0, 0.05) is 34.3 Å². The Hall–Kier alpha value is -4.31. The first kappa shape index (κ1) is 36.5. The second kappa shape index (κ2) is 14.7. The summed E-state index contributed by atoms with van der Waals surface area (Å²) in [5.41, 5.74) is 0.916. The van der Waals surface area contributed by atoms with Gasteiger partial charge in [-0.2, -0.15) is 0 Å². The van der Waals surface area contributed by atoms with Crippen molar-refractivity contribution in [1.82, 2.24) is 5.32 Å². The highest BCUT2D eigenvalue weighted by atomic mass is 32.1. The van der Waals surface area contributed by atoms with E-state index in [0.717, 1.165) is 0 Å². The molecule has 2 fully saturated rings. The zero-order chi connectivity index (χ0) is 36.7. The van der Waals surface area contributed by atoms with Gasteiger partial charge in [0.15, 0.2) is 23.1 Å². The number of fused-ring (bicyclic) bond motifs is 2. The summed E-state index contributed by atoms with van der Waals surface area (Å²) in [6.07, 6.45) is -14.8. The number of anilines is 1. The molecule has 0 spiro atoms. The molecule has 18 heteroatoms. The van der Waals surface area contributed by atoms with Crippen LogP contribution in [-0.2, 0) is 14.2 Å². The number of hydrogen-bond donors (Lipinski definition) is 11. The van der Waals surface area contributed by atoms with Crippen LogP contribution in [0, 0.1) is 0 Å². The van der Waals surface area contributed by atoms with Crippen molar-refractivity contribution in [2.75, 3.05) is 18.5 Å². The minimum absolute atomic E-state index is 0.109. The number of aromatic hydroxyl groups is 1. The third kappa shape index (κ3) is 7.12. The molecule has 0 saturated carbocycles. The standard InChI is InChI=1S/C33H34N2O15S/c36-10-21-25(40)27(42)24(31(48-21)50-32-29(44)28(43)26(41)22(11-37)49-32)35-33(51)34-12-1-4-15(18(7-12)30(45)46)23-16-5-2-13(38)8-19(16)47-20-9-14(39)3-6-17(20)23/h1-9,21-22,24-29,31-32,36-38,40-44H,10-11H2,(H,45,46)(H2,34,35,51)/t21-,22-,24-,25-,26-,27-,28+,29-,31-,32-/m1/s1. The Balaban J connectivity index is 1.29. The summed E-state index contributed by atoms with van der Waals surface area (Å²) in [7, 11) is 0. The number of thiocarbonyl (C=S) groups is 1. The molecule has 3 heterocycles. The normalized spacial score (nSPS) is 29.5. The van der Waals surface area contributed by atoms with Crippen LogP contribution >= 0.6 is 12.2 Å². The summed E-state index contributed by atoms with van der Waals surface area (Å²) in [6, 6.07) is 11.2. The first-order valence-corrected chi connectivity index (χ1v) is 15.9. The number of aliphatic hydroxyl groups is 7. The van der Waals surface area contributed by atoms with E-state index < -0.39 is 80.5 Å². The third-order valence-electron chi connectivity index (χ3n) is 8.75. The van der Waals surface area contributed by atoms with Crippen LogP contribution in [0.25, 0.3) is 33.4 Å². The molecule has 0 radical (unpaired) electrons. The van der Waals surface area contributed by atoms with Crippen molar-refractivity contribution in [2.45, 2.75) is 61.3 Å². The molecular formula is C33H34N2O15S. The van der Waals surface area contributed by atoms with Crippen LogP contribution in [0.1, 0.15) is 10.4 Å². The summed E-state index contributed by atoms with van der Waals surface area (Å²) in [5.74, 6) is -1.27. The van der Waals surface area contributed by atoms with E-state index in [4.69, 9.17) is 30.8 Å². The average Bonchev–Trinajstić information content (AvgIpc) is 3.10. The zero-order valence-corrected chi connectivity index (χ0v) is 27.1. The van der Waals surface area contributed by atoms with Crippen molar-refractivity contribution < 1.29 is 69.4 Å². The van der Waals surface area contributed by atoms with Crippen LogP contribution < -0.4 is 16.1 Å². The Bertz CT molecular complexity index is 1960. The molecule has 2 aromatic carbocycles. The molecule has 11 N–H and O–H groups in total. The highest BCUT2D eigenvalue weighted by molar-refractivity contribution is 7.80. The number of nitrogens with one attached hydrogen (secondary N) is 2. The van der Waals surface area contributed by atoms with Crippen LogP contribution in [0.5, 0.6) is 5.75 Å². The van der Waals surface area contributed by atoms with E-state index in [-0.39, 0.29) is 44.4 Å². The Labute approximate surface area is 292 Å². The molecule has 272 valence electrons. The number of aromatic carboxylic acids is 1. The fourth-order valence-corrected chi connectivity index (χ4v) is 6.40. The number of carboxylic acid groups (broad SMARTS) is 1. The minimum Gasteiger partial charge on any atom is -0.508 e. The van der Waals surface area contributed by atoms with Gasteiger partial charge in [0.05, 0.1) is 18.8 Å². The van der Waals surface area contributed by atoms with Crippen LogP contribution in [0.2, 0.25) is 0 Å². The fourth-order valence-electron chi connectivity index (χ4n) is 6.15. The number of rotatable bonds is 8. The van der Waals surface area contributed by atoms with Gasteiger partial charge < -0.3 is 75.2 Å². The van der Waals surface area contributed by atoms with Gasteiger partial charge in [0.2, 0.25) is 0 Å². The Kier molecular flexibility index (Phi) is 10.5. The fraction of sp³-hybridized carbons (Fsp3) is 0.364. The predicted molar refractivity (Wildman–Crippen MR) is 179 cm³/mol. The number of ether oxygens (including phenoxy) is 3. The predicted octanol–water partition coefficient (Wildman–Crippen LogP) is -1.12. The maximum atomic E-state index is 12.6. The number of benzene rings is 3. The van der Waals surface area contributed by atoms with E-state index in [9.17, 15) is 55.5 Å². The molecule has 2 aromatic rings. The van der Waals surface area contributed by atoms with Gasteiger partial charge in [-0.15, -0.1) is 0 Å². The summed E-state index contributed by atoms with van der Waals surface area (Å²) in [6.45, 7) is -1.51. The van der Waals surface area contributed by atoms with E-state index >= 15 is 0 Å². The van der Waals surface area contributed by atoms with Crippen LogP contribution in [0.4, 0.5) is 5.69 Å². The highest BCUT2D eigenvalue weighted by Gasteiger charge is 2.50. The molecule has 17 nitrogen and oxygen atoms in total. The average molecular weight is 731 g/mol.